The summed E-state index contributed by atoms with van der Waals surface area (Å²) in [7, 11) is 0. The maximum absolute atomic E-state index is 13.3. The van der Waals surface area contributed by atoms with Crippen molar-refractivity contribution >= 4 is 47.0 Å². The Kier molecular flexibility index (Phi) is 7.91. The van der Waals surface area contributed by atoms with Gasteiger partial charge in [-0.15, -0.1) is 0 Å². The van der Waals surface area contributed by atoms with E-state index in [4.69, 9.17) is 0 Å². The third kappa shape index (κ3) is 5.93. The summed E-state index contributed by atoms with van der Waals surface area (Å²) in [6.45, 7) is 2.56. The number of hydrogen-bond acceptors (Lipinski definition) is 6. The number of Topliss-reactive ketones (excluding diaryl/α,β-unsaturated/α-hetero) is 1. The van der Waals surface area contributed by atoms with Gasteiger partial charge in [-0.1, -0.05) is 11.8 Å². The fourth-order valence-corrected chi connectivity index (χ4v) is 5.49. The number of amides is 5. The third-order valence-corrected chi connectivity index (χ3v) is 7.53. The fraction of sp³-hybridized carbons (Fsp3) is 0.522. The molecule has 188 valence electrons. The zero-order chi connectivity index (χ0) is 24.9. The van der Waals surface area contributed by atoms with Crippen molar-refractivity contribution in [3.8, 4) is 0 Å². The Morgan fingerprint density at radius 1 is 1.14 bits per heavy atom. The number of hydrogen-bond donors (Lipinski definition) is 4. The van der Waals surface area contributed by atoms with E-state index in [0.717, 1.165) is 12.3 Å². The maximum atomic E-state index is 13.3. The molecule has 5 N–H and O–H groups in total. The number of nitrogens with two attached hydrogens (primary N) is 1. The van der Waals surface area contributed by atoms with E-state index >= 15 is 0 Å². The molecular weight excluding hydrogens is 472 g/mol. The normalized spacial score (nSPS) is 24.5. The molecule has 3 fully saturated rings. The largest absolute Gasteiger partial charge is 0.354 e. The first-order valence-corrected chi connectivity index (χ1v) is 13.0. The molecule has 5 amide bonds. The molecule has 0 radical (unpaired) electrons. The first kappa shape index (κ1) is 25.0. The van der Waals surface area contributed by atoms with E-state index in [1.54, 1.807) is 40.9 Å². The first-order chi connectivity index (χ1) is 16.8. The van der Waals surface area contributed by atoms with Crippen molar-refractivity contribution in [3.63, 3.8) is 0 Å². The Morgan fingerprint density at radius 3 is 2.57 bits per heavy atom. The van der Waals surface area contributed by atoms with E-state index in [2.05, 4.69) is 16.0 Å². The van der Waals surface area contributed by atoms with Crippen molar-refractivity contribution in [1.82, 2.24) is 20.4 Å². The molecule has 1 aromatic carbocycles. The molecule has 0 aromatic heterocycles. The summed E-state index contributed by atoms with van der Waals surface area (Å²) in [4.78, 5) is 66.1. The van der Waals surface area contributed by atoms with Gasteiger partial charge in [0.15, 0.2) is 11.8 Å². The number of piperazine rings is 1. The second kappa shape index (κ2) is 11.1. The van der Waals surface area contributed by atoms with Crippen LogP contribution >= 0.6 is 11.8 Å². The highest BCUT2D eigenvalue weighted by Gasteiger charge is 2.42. The second-order valence-corrected chi connectivity index (χ2v) is 10.0. The Balaban J connectivity index is 1.46. The van der Waals surface area contributed by atoms with Crippen LogP contribution in [-0.2, 0) is 14.4 Å². The molecule has 3 aliphatic heterocycles. The first-order valence-electron chi connectivity index (χ1n) is 11.8. The average Bonchev–Trinajstić information content (AvgIpc) is 3.40. The molecule has 0 saturated carbocycles. The third-order valence-electron chi connectivity index (χ3n) is 6.51. The maximum Gasteiger partial charge on any atom is 0.321 e. The second-order valence-electron chi connectivity index (χ2n) is 8.93. The SMILES string of the molecule is CC(=O)c1ccc(NC(=O)N2CCN(C(=O)[C@@H]3CSC[NH2+]3)[C@@H](C(=O)N[C@H]3CCCNC3=O)C2)cc1. The van der Waals surface area contributed by atoms with Gasteiger partial charge in [-0.3, -0.25) is 19.2 Å². The van der Waals surface area contributed by atoms with Crippen LogP contribution < -0.4 is 21.3 Å². The lowest BCUT2D eigenvalue weighted by atomic mass is 10.0. The number of quaternary nitrogens is 1. The van der Waals surface area contributed by atoms with E-state index in [1.165, 1.54) is 11.8 Å². The predicted octanol–water partition coefficient (Wildman–Crippen LogP) is -1.03. The highest BCUT2D eigenvalue weighted by Crippen LogP contribution is 2.17. The Labute approximate surface area is 207 Å². The number of rotatable bonds is 5. The van der Waals surface area contributed by atoms with Gasteiger partial charge in [0.05, 0.1) is 12.3 Å². The van der Waals surface area contributed by atoms with Crippen molar-refractivity contribution in [2.24, 2.45) is 0 Å². The van der Waals surface area contributed by atoms with Crippen LogP contribution in [0.5, 0.6) is 0 Å². The van der Waals surface area contributed by atoms with Crippen molar-refractivity contribution < 1.29 is 29.3 Å². The molecule has 4 rings (SSSR count). The number of ketones is 1. The van der Waals surface area contributed by atoms with E-state index in [1.807, 2.05) is 5.32 Å². The van der Waals surface area contributed by atoms with Crippen LogP contribution in [0.15, 0.2) is 24.3 Å². The fourth-order valence-electron chi connectivity index (χ4n) is 4.46. The molecule has 3 heterocycles. The summed E-state index contributed by atoms with van der Waals surface area (Å²) in [5, 5.41) is 10.3. The number of carbonyl (C=O) groups is 5. The van der Waals surface area contributed by atoms with E-state index in [0.29, 0.717) is 30.0 Å². The zero-order valence-electron chi connectivity index (χ0n) is 19.6. The molecule has 3 atom stereocenters. The molecule has 0 aliphatic carbocycles. The van der Waals surface area contributed by atoms with E-state index in [9.17, 15) is 24.0 Å². The summed E-state index contributed by atoms with van der Waals surface area (Å²) in [6.07, 6.45) is 1.29. The van der Waals surface area contributed by atoms with Gasteiger partial charge in [-0.05, 0) is 44.0 Å². The molecule has 0 unspecified atom stereocenters. The molecule has 1 aromatic rings. The van der Waals surface area contributed by atoms with Crippen LogP contribution in [0.2, 0.25) is 0 Å². The minimum Gasteiger partial charge on any atom is -0.354 e. The lowest BCUT2D eigenvalue weighted by molar-refractivity contribution is -0.649. The van der Waals surface area contributed by atoms with Crippen LogP contribution in [0, 0.1) is 0 Å². The van der Waals surface area contributed by atoms with Crippen molar-refractivity contribution in [2.45, 2.75) is 37.9 Å². The van der Waals surface area contributed by atoms with Gasteiger partial charge in [-0.25, -0.2) is 4.79 Å². The van der Waals surface area contributed by atoms with E-state index < -0.39 is 24.0 Å². The van der Waals surface area contributed by atoms with Crippen LogP contribution in [0.4, 0.5) is 10.5 Å². The Morgan fingerprint density at radius 2 is 1.91 bits per heavy atom. The lowest BCUT2D eigenvalue weighted by Gasteiger charge is -2.41. The topological polar surface area (TPSA) is 145 Å². The minimum absolute atomic E-state index is 0.0170. The zero-order valence-corrected chi connectivity index (χ0v) is 20.4. The average molecular weight is 504 g/mol. The number of anilines is 1. The van der Waals surface area contributed by atoms with Crippen LogP contribution in [0.25, 0.3) is 0 Å². The van der Waals surface area contributed by atoms with Gasteiger partial charge >= 0.3 is 6.03 Å². The van der Waals surface area contributed by atoms with Gasteiger partial charge in [0, 0.05) is 30.9 Å². The molecule has 0 bridgehead atoms. The van der Waals surface area contributed by atoms with Crippen LogP contribution in [0.3, 0.4) is 0 Å². The van der Waals surface area contributed by atoms with Gasteiger partial charge in [0.25, 0.3) is 5.91 Å². The molecule has 3 aliphatic rings. The number of nitrogens with zero attached hydrogens (tertiary/aromatic N) is 2. The molecule has 35 heavy (non-hydrogen) atoms. The summed E-state index contributed by atoms with van der Waals surface area (Å²) in [5.74, 6) is 0.608. The summed E-state index contributed by atoms with van der Waals surface area (Å²) in [6, 6.07) is 4.37. The Hall–Kier alpha value is -3.12. The number of urea groups is 1. The van der Waals surface area contributed by atoms with Gasteiger partial charge < -0.3 is 31.1 Å². The standard InChI is InChI=1S/C23H30N6O5S/c1-14(30)15-4-6-16(7-5-15)26-23(34)28-9-10-29(22(33)18-12-35-13-25-18)19(11-28)21(32)27-17-3-2-8-24-20(17)31/h4-7,17-19,25H,2-3,8-13H2,1H3,(H,24,31)(H,26,34)(H,27,32)/p+1/t17-,18-,19+/m0/s1. The van der Waals surface area contributed by atoms with Crippen molar-refractivity contribution in [1.29, 1.82) is 0 Å². The summed E-state index contributed by atoms with van der Waals surface area (Å²) >= 11 is 1.67. The minimum atomic E-state index is -0.893. The van der Waals surface area contributed by atoms with Crippen LogP contribution in [0.1, 0.15) is 30.1 Å². The molecule has 11 nitrogen and oxygen atoms in total. The highest BCUT2D eigenvalue weighted by molar-refractivity contribution is 7.99. The van der Waals surface area contributed by atoms with Gasteiger partial charge in [0.1, 0.15) is 18.0 Å². The number of piperidine rings is 1. The van der Waals surface area contributed by atoms with E-state index in [-0.39, 0.29) is 43.3 Å². The van der Waals surface area contributed by atoms with Crippen molar-refractivity contribution in [3.05, 3.63) is 29.8 Å². The van der Waals surface area contributed by atoms with Gasteiger partial charge in [0.2, 0.25) is 11.8 Å². The van der Waals surface area contributed by atoms with Gasteiger partial charge in [-0.2, -0.15) is 0 Å². The summed E-state index contributed by atoms with van der Waals surface area (Å²) < 4.78 is 0. The quantitative estimate of drug-likeness (QED) is 0.378. The Bertz CT molecular complexity index is 997. The van der Waals surface area contributed by atoms with Crippen molar-refractivity contribution in [2.75, 3.05) is 43.1 Å². The monoisotopic (exact) mass is 503 g/mol. The highest BCUT2D eigenvalue weighted by atomic mass is 32.2. The smallest absolute Gasteiger partial charge is 0.321 e. The molecule has 3 saturated heterocycles. The number of benzene rings is 1. The molecule has 0 spiro atoms. The summed E-state index contributed by atoms with van der Waals surface area (Å²) in [5.41, 5.74) is 1.07. The predicted molar refractivity (Wildman–Crippen MR) is 130 cm³/mol. The molecule has 12 heteroatoms. The number of thioether (sulfide) groups is 1. The number of carbonyl (C=O) groups excluding carboxylic acids is 5. The van der Waals surface area contributed by atoms with Crippen LogP contribution in [-0.4, -0.2) is 95.3 Å². The number of nitrogens with one attached hydrogen (secondary N) is 3. The molecular formula is C23H31N6O5S+. The lowest BCUT2D eigenvalue weighted by Crippen LogP contribution is -2.90.